The van der Waals surface area contributed by atoms with Gasteiger partial charge >= 0.3 is 5.97 Å². The molecule has 3 rings (SSSR count). The molecule has 0 unspecified atom stereocenters. The summed E-state index contributed by atoms with van der Waals surface area (Å²) in [6, 6.07) is 25.6. The van der Waals surface area contributed by atoms with Crippen molar-refractivity contribution < 1.29 is 19.4 Å². The molecular formula is C23H22O4. The smallest absolute Gasteiger partial charge is 0.303 e. The highest BCUT2D eigenvalue weighted by Gasteiger charge is 2.06. The van der Waals surface area contributed by atoms with Gasteiger partial charge in [0.2, 0.25) is 0 Å². The fourth-order valence-corrected chi connectivity index (χ4v) is 2.80. The molecule has 0 amide bonds. The molecule has 0 fully saturated rings. The molecule has 1 N–H and O–H groups in total. The van der Waals surface area contributed by atoms with Gasteiger partial charge in [0.1, 0.15) is 24.7 Å². The van der Waals surface area contributed by atoms with Crippen LogP contribution in [0.5, 0.6) is 11.5 Å². The number of ether oxygens (including phenoxy) is 2. The predicted molar refractivity (Wildman–Crippen MR) is 105 cm³/mol. The first-order valence-corrected chi connectivity index (χ1v) is 8.93. The van der Waals surface area contributed by atoms with Gasteiger partial charge in [-0.1, -0.05) is 60.7 Å². The Morgan fingerprint density at radius 2 is 1.56 bits per heavy atom. The lowest BCUT2D eigenvalue weighted by molar-refractivity contribution is -0.136. The lowest BCUT2D eigenvalue weighted by Gasteiger charge is -2.12. The number of para-hydroxylation sites is 1. The van der Waals surface area contributed by atoms with E-state index in [-0.39, 0.29) is 6.42 Å². The number of aliphatic carboxylic acids is 1. The molecule has 0 aliphatic heterocycles. The van der Waals surface area contributed by atoms with Crippen molar-refractivity contribution in [1.29, 1.82) is 0 Å². The summed E-state index contributed by atoms with van der Waals surface area (Å²) >= 11 is 0. The summed E-state index contributed by atoms with van der Waals surface area (Å²) in [5.74, 6) is 0.743. The summed E-state index contributed by atoms with van der Waals surface area (Å²) in [4.78, 5) is 10.7. The molecule has 3 aromatic carbocycles. The first kappa shape index (κ1) is 18.5. The van der Waals surface area contributed by atoms with Gasteiger partial charge in [0.25, 0.3) is 0 Å². The molecule has 0 saturated heterocycles. The van der Waals surface area contributed by atoms with Crippen LogP contribution in [0.1, 0.15) is 12.0 Å². The Labute approximate surface area is 159 Å². The van der Waals surface area contributed by atoms with E-state index in [4.69, 9.17) is 14.6 Å². The van der Waals surface area contributed by atoms with Gasteiger partial charge in [-0.15, -0.1) is 0 Å². The molecule has 0 heterocycles. The van der Waals surface area contributed by atoms with E-state index in [1.165, 1.54) is 0 Å². The Balaban J connectivity index is 1.54. The Hall–Kier alpha value is -3.27. The molecule has 27 heavy (non-hydrogen) atoms. The Morgan fingerprint density at radius 3 is 2.37 bits per heavy atom. The fourth-order valence-electron chi connectivity index (χ4n) is 2.80. The SMILES string of the molecule is O=C(O)CCc1cccc(OCCOc2ccccc2-c2ccccc2)c1. The molecular weight excluding hydrogens is 340 g/mol. The Morgan fingerprint density at radius 1 is 0.815 bits per heavy atom. The standard InChI is InChI=1S/C23H22O4/c24-23(25)14-13-18-7-6-10-20(17-18)26-15-16-27-22-12-5-4-11-21(22)19-8-2-1-3-9-19/h1-12,17H,13-16H2,(H,24,25). The highest BCUT2D eigenvalue weighted by atomic mass is 16.5. The molecule has 0 aliphatic rings. The van der Waals surface area contributed by atoms with Crippen molar-refractivity contribution in [3.8, 4) is 22.6 Å². The number of carbonyl (C=O) groups is 1. The molecule has 0 aliphatic carbocycles. The van der Waals surface area contributed by atoms with Crippen LogP contribution in [-0.2, 0) is 11.2 Å². The summed E-state index contributed by atoms with van der Waals surface area (Å²) in [5, 5.41) is 8.78. The summed E-state index contributed by atoms with van der Waals surface area (Å²) in [6.45, 7) is 0.828. The topological polar surface area (TPSA) is 55.8 Å². The average molecular weight is 362 g/mol. The van der Waals surface area contributed by atoms with Crippen LogP contribution in [0.4, 0.5) is 0 Å². The van der Waals surface area contributed by atoms with E-state index >= 15 is 0 Å². The molecule has 0 spiro atoms. The van der Waals surface area contributed by atoms with Gasteiger partial charge < -0.3 is 14.6 Å². The Bertz CT molecular complexity index is 874. The van der Waals surface area contributed by atoms with Crippen molar-refractivity contribution in [2.24, 2.45) is 0 Å². The maximum absolute atomic E-state index is 10.7. The minimum Gasteiger partial charge on any atom is -0.490 e. The first-order valence-electron chi connectivity index (χ1n) is 8.93. The molecule has 0 atom stereocenters. The van der Waals surface area contributed by atoms with Gasteiger partial charge in [0.05, 0.1) is 0 Å². The van der Waals surface area contributed by atoms with Gasteiger partial charge in [-0.25, -0.2) is 0 Å². The molecule has 4 heteroatoms. The molecule has 0 bridgehead atoms. The number of carboxylic acids is 1. The number of hydrogen-bond donors (Lipinski definition) is 1. The van der Waals surface area contributed by atoms with E-state index in [0.29, 0.717) is 19.6 Å². The minimum absolute atomic E-state index is 0.114. The van der Waals surface area contributed by atoms with Crippen molar-refractivity contribution in [2.75, 3.05) is 13.2 Å². The van der Waals surface area contributed by atoms with Crippen LogP contribution in [0.25, 0.3) is 11.1 Å². The van der Waals surface area contributed by atoms with Crippen LogP contribution in [0, 0.1) is 0 Å². The zero-order valence-electron chi connectivity index (χ0n) is 15.0. The summed E-state index contributed by atoms with van der Waals surface area (Å²) in [7, 11) is 0. The third-order valence-corrected chi connectivity index (χ3v) is 4.11. The fraction of sp³-hybridized carbons (Fsp3) is 0.174. The minimum atomic E-state index is -0.799. The zero-order chi connectivity index (χ0) is 18.9. The Kier molecular flexibility index (Phi) is 6.47. The molecule has 0 saturated carbocycles. The van der Waals surface area contributed by atoms with E-state index in [9.17, 15) is 4.79 Å². The molecule has 138 valence electrons. The number of carboxylic acid groups (broad SMARTS) is 1. The van der Waals surface area contributed by atoms with Gasteiger partial charge in [-0.05, 0) is 35.7 Å². The number of rotatable bonds is 9. The molecule has 0 aromatic heterocycles. The normalized spacial score (nSPS) is 10.4. The van der Waals surface area contributed by atoms with Crippen molar-refractivity contribution in [2.45, 2.75) is 12.8 Å². The third kappa shape index (κ3) is 5.61. The summed E-state index contributed by atoms with van der Waals surface area (Å²) in [6.07, 6.45) is 0.607. The van der Waals surface area contributed by atoms with E-state index in [2.05, 4.69) is 12.1 Å². The van der Waals surface area contributed by atoms with Gasteiger partial charge in [-0.2, -0.15) is 0 Å². The average Bonchev–Trinajstić information content (AvgIpc) is 2.71. The van der Waals surface area contributed by atoms with Crippen LogP contribution in [0.15, 0.2) is 78.9 Å². The monoisotopic (exact) mass is 362 g/mol. The highest BCUT2D eigenvalue weighted by Crippen LogP contribution is 2.29. The quantitative estimate of drug-likeness (QED) is 0.554. The largest absolute Gasteiger partial charge is 0.490 e. The van der Waals surface area contributed by atoms with Crippen LogP contribution in [0.3, 0.4) is 0 Å². The second-order valence-corrected chi connectivity index (χ2v) is 6.10. The molecule has 4 nitrogen and oxygen atoms in total. The van der Waals surface area contributed by atoms with Crippen molar-refractivity contribution in [1.82, 2.24) is 0 Å². The predicted octanol–water partition coefficient (Wildman–Crippen LogP) is 4.83. The molecule has 0 radical (unpaired) electrons. The van der Waals surface area contributed by atoms with E-state index in [1.807, 2.05) is 66.7 Å². The van der Waals surface area contributed by atoms with Gasteiger partial charge in [-0.3, -0.25) is 4.79 Å². The third-order valence-electron chi connectivity index (χ3n) is 4.11. The zero-order valence-corrected chi connectivity index (χ0v) is 15.0. The van der Waals surface area contributed by atoms with Crippen molar-refractivity contribution in [3.63, 3.8) is 0 Å². The first-order chi connectivity index (χ1) is 13.2. The van der Waals surface area contributed by atoms with E-state index in [0.717, 1.165) is 28.2 Å². The lowest BCUT2D eigenvalue weighted by atomic mass is 10.1. The molecule has 3 aromatic rings. The highest BCUT2D eigenvalue weighted by molar-refractivity contribution is 5.70. The van der Waals surface area contributed by atoms with Crippen LogP contribution in [-0.4, -0.2) is 24.3 Å². The van der Waals surface area contributed by atoms with Crippen LogP contribution >= 0.6 is 0 Å². The van der Waals surface area contributed by atoms with E-state index < -0.39 is 5.97 Å². The summed E-state index contributed by atoms with van der Waals surface area (Å²) < 4.78 is 11.7. The van der Waals surface area contributed by atoms with Gasteiger partial charge in [0, 0.05) is 12.0 Å². The van der Waals surface area contributed by atoms with Gasteiger partial charge in [0.15, 0.2) is 0 Å². The maximum Gasteiger partial charge on any atom is 0.303 e. The second kappa shape index (κ2) is 9.43. The number of aryl methyl sites for hydroxylation is 1. The van der Waals surface area contributed by atoms with Crippen LogP contribution < -0.4 is 9.47 Å². The lowest BCUT2D eigenvalue weighted by Crippen LogP contribution is -2.09. The summed E-state index contributed by atoms with van der Waals surface area (Å²) in [5.41, 5.74) is 3.11. The second-order valence-electron chi connectivity index (χ2n) is 6.10. The van der Waals surface area contributed by atoms with E-state index in [1.54, 1.807) is 0 Å². The van der Waals surface area contributed by atoms with Crippen molar-refractivity contribution in [3.05, 3.63) is 84.4 Å². The van der Waals surface area contributed by atoms with Crippen molar-refractivity contribution >= 4 is 5.97 Å². The number of benzene rings is 3. The number of hydrogen-bond acceptors (Lipinski definition) is 3. The maximum atomic E-state index is 10.7. The van der Waals surface area contributed by atoms with Crippen LogP contribution in [0.2, 0.25) is 0 Å².